The number of aromatic nitrogens is 3. The summed E-state index contributed by atoms with van der Waals surface area (Å²) in [5, 5.41) is 8.52. The number of amides is 2. The number of piperazine rings is 1. The van der Waals surface area contributed by atoms with E-state index in [-0.39, 0.29) is 23.7 Å². The quantitative estimate of drug-likeness (QED) is 0.195. The van der Waals surface area contributed by atoms with Crippen LogP contribution in [0.15, 0.2) is 42.9 Å². The average molecular weight is 694 g/mol. The number of hydrogen-bond acceptors (Lipinski definition) is 8. The number of nitrogens with one attached hydrogen (secondary N) is 1. The van der Waals surface area contributed by atoms with Gasteiger partial charge in [-0.3, -0.25) is 29.1 Å². The Labute approximate surface area is 294 Å². The van der Waals surface area contributed by atoms with Crippen LogP contribution in [0, 0.1) is 25.7 Å². The average Bonchev–Trinajstić information content (AvgIpc) is 3.49. The molecule has 2 aliphatic heterocycles. The first-order chi connectivity index (χ1) is 23.2. The number of fused-ring (bicyclic) bond motifs is 2. The zero-order chi connectivity index (χ0) is 35.0. The summed E-state index contributed by atoms with van der Waals surface area (Å²) in [5.74, 6) is -0.149. The van der Waals surface area contributed by atoms with Crippen molar-refractivity contribution in [1.29, 1.82) is 0 Å². The third kappa shape index (κ3) is 8.90. The molecule has 3 atom stereocenters. The van der Waals surface area contributed by atoms with Gasteiger partial charge in [-0.15, -0.1) is 11.3 Å². The molecule has 1 saturated carbocycles. The molecule has 9 nitrogen and oxygen atoms in total. The van der Waals surface area contributed by atoms with Crippen molar-refractivity contribution in [3.05, 3.63) is 69.4 Å². The van der Waals surface area contributed by atoms with E-state index in [1.165, 1.54) is 16.0 Å². The molecule has 3 aliphatic rings. The number of halogens is 1. The van der Waals surface area contributed by atoms with Crippen LogP contribution in [-0.4, -0.2) is 68.6 Å². The lowest BCUT2D eigenvalue weighted by atomic mass is 9.97. The molecule has 1 aromatic carbocycles. The summed E-state index contributed by atoms with van der Waals surface area (Å²) >= 11 is 7.89. The van der Waals surface area contributed by atoms with Crippen molar-refractivity contribution in [2.24, 2.45) is 17.6 Å². The van der Waals surface area contributed by atoms with E-state index in [1.54, 1.807) is 17.5 Å². The van der Waals surface area contributed by atoms with Crippen LogP contribution in [0.4, 0.5) is 0 Å². The number of thiophene rings is 1. The third-order valence-corrected chi connectivity index (χ3v) is 10.2. The maximum absolute atomic E-state index is 12.3. The molecule has 3 fully saturated rings. The maximum Gasteiger partial charge on any atom is 0.233 e. The van der Waals surface area contributed by atoms with Crippen molar-refractivity contribution < 1.29 is 9.59 Å². The highest BCUT2D eigenvalue weighted by Gasteiger charge is 2.58. The van der Waals surface area contributed by atoms with Gasteiger partial charge >= 0.3 is 0 Å². The van der Waals surface area contributed by atoms with Crippen molar-refractivity contribution in [1.82, 2.24) is 29.9 Å². The van der Waals surface area contributed by atoms with E-state index < -0.39 is 0 Å². The lowest BCUT2D eigenvalue weighted by molar-refractivity contribution is -0.141. The van der Waals surface area contributed by atoms with Gasteiger partial charge in [0, 0.05) is 72.2 Å². The van der Waals surface area contributed by atoms with Crippen LogP contribution >= 0.6 is 22.9 Å². The summed E-state index contributed by atoms with van der Waals surface area (Å²) in [6, 6.07) is 8.53. The van der Waals surface area contributed by atoms with Gasteiger partial charge in [-0.1, -0.05) is 39.3 Å². The Hall–Kier alpha value is -3.15. The van der Waals surface area contributed by atoms with Gasteiger partial charge in [0.2, 0.25) is 11.8 Å². The van der Waals surface area contributed by atoms with E-state index in [2.05, 4.69) is 47.3 Å². The van der Waals surface area contributed by atoms with E-state index in [0.717, 1.165) is 83.9 Å². The second kappa shape index (κ2) is 17.5. The molecule has 7 rings (SSSR count). The number of imide groups is 1. The van der Waals surface area contributed by atoms with Gasteiger partial charge in [-0.2, -0.15) is 5.10 Å². The summed E-state index contributed by atoms with van der Waals surface area (Å²) in [6.07, 6.45) is 7.64. The molecule has 4 aromatic rings. The van der Waals surface area contributed by atoms with Gasteiger partial charge in [-0.25, -0.2) is 0 Å². The van der Waals surface area contributed by atoms with Gasteiger partial charge in [0.15, 0.2) is 0 Å². The minimum absolute atomic E-state index is 0.0167. The number of rotatable bonds is 8. The lowest BCUT2D eigenvalue weighted by Crippen LogP contribution is -2.48. The molecule has 2 saturated heterocycles. The summed E-state index contributed by atoms with van der Waals surface area (Å²) in [6.45, 7) is 20.7. The second-order valence-corrected chi connectivity index (χ2v) is 13.8. The third-order valence-electron chi connectivity index (χ3n) is 8.79. The molecule has 11 heteroatoms. The van der Waals surface area contributed by atoms with Crippen molar-refractivity contribution in [2.75, 3.05) is 26.2 Å². The second-order valence-electron chi connectivity index (χ2n) is 12.2. The summed E-state index contributed by atoms with van der Waals surface area (Å²) < 4.78 is 3.05. The van der Waals surface area contributed by atoms with Crippen LogP contribution in [-0.2, 0) is 29.2 Å². The predicted molar refractivity (Wildman–Crippen MR) is 198 cm³/mol. The fourth-order valence-corrected chi connectivity index (χ4v) is 7.62. The van der Waals surface area contributed by atoms with Gasteiger partial charge in [0.25, 0.3) is 0 Å². The zero-order valence-corrected chi connectivity index (χ0v) is 31.1. The van der Waals surface area contributed by atoms with Crippen molar-refractivity contribution in [3.8, 4) is 11.1 Å². The molecule has 1 aliphatic carbocycles. The Morgan fingerprint density at radius 3 is 2.46 bits per heavy atom. The summed E-state index contributed by atoms with van der Waals surface area (Å²) in [5.41, 5.74) is 12.2. The number of likely N-dealkylation sites (tertiary alicyclic amines) is 1. The smallest absolute Gasteiger partial charge is 0.233 e. The Bertz CT molecular complexity index is 1670. The summed E-state index contributed by atoms with van der Waals surface area (Å²) in [7, 11) is 0. The van der Waals surface area contributed by atoms with Gasteiger partial charge in [0.1, 0.15) is 0 Å². The molecule has 2 amide bonds. The van der Waals surface area contributed by atoms with Gasteiger partial charge < -0.3 is 11.1 Å². The first-order valence-corrected chi connectivity index (χ1v) is 18.6. The molecule has 3 unspecified atom stereocenters. The van der Waals surface area contributed by atoms with E-state index in [4.69, 9.17) is 17.3 Å². The lowest BCUT2D eigenvalue weighted by Gasteiger charge is -2.31. The van der Waals surface area contributed by atoms with Crippen molar-refractivity contribution >= 4 is 45.0 Å². The predicted octanol–water partition coefficient (Wildman–Crippen LogP) is 6.82. The fraction of sp³-hybridized carbons (Fsp3) is 0.514. The minimum Gasteiger partial charge on any atom is -0.330 e. The van der Waals surface area contributed by atoms with E-state index >= 15 is 0 Å². The van der Waals surface area contributed by atoms with Crippen LogP contribution in [0.1, 0.15) is 69.0 Å². The van der Waals surface area contributed by atoms with Gasteiger partial charge in [-0.05, 0) is 81.1 Å². The van der Waals surface area contributed by atoms with E-state index in [9.17, 15) is 9.59 Å². The van der Waals surface area contributed by atoms with Crippen LogP contribution < -0.4 is 11.1 Å². The van der Waals surface area contributed by atoms with E-state index in [0.29, 0.717) is 17.6 Å². The number of aryl methyl sites for hydroxylation is 2. The first kappa shape index (κ1) is 37.7. The number of nitrogens with zero attached hydrogens (tertiary/aromatic N) is 5. The maximum atomic E-state index is 12.3. The Morgan fingerprint density at radius 2 is 1.77 bits per heavy atom. The molecule has 260 valence electrons. The van der Waals surface area contributed by atoms with Crippen molar-refractivity contribution in [2.45, 2.75) is 87.0 Å². The Balaban J connectivity index is 0.000000214. The highest BCUT2D eigenvalue weighted by atomic mass is 35.5. The first-order valence-electron chi connectivity index (χ1n) is 17.4. The minimum atomic E-state index is -0.0577. The largest absolute Gasteiger partial charge is 0.330 e. The van der Waals surface area contributed by atoms with Crippen LogP contribution in [0.25, 0.3) is 21.3 Å². The fourth-order valence-electron chi connectivity index (χ4n) is 6.21. The molecular weight excluding hydrogens is 642 g/mol. The Kier molecular flexibility index (Phi) is 13.7. The van der Waals surface area contributed by atoms with Crippen LogP contribution in [0.3, 0.4) is 0 Å². The van der Waals surface area contributed by atoms with Crippen LogP contribution in [0.5, 0.6) is 0 Å². The van der Waals surface area contributed by atoms with Crippen LogP contribution in [0.2, 0.25) is 5.02 Å². The highest BCUT2D eigenvalue weighted by Crippen LogP contribution is 2.48. The number of carbonyl (C=O) groups is 2. The molecule has 3 N–H and O–H groups in total. The topological polar surface area (TPSA) is 109 Å². The summed E-state index contributed by atoms with van der Waals surface area (Å²) in [4.78, 5) is 33.9. The molecule has 0 bridgehead atoms. The number of nitrogens with two attached hydrogens (primary N) is 1. The van der Waals surface area contributed by atoms with E-state index in [1.807, 2.05) is 62.8 Å². The molecule has 3 aromatic heterocycles. The van der Waals surface area contributed by atoms with Crippen molar-refractivity contribution in [3.63, 3.8) is 0 Å². The number of piperidine rings is 1. The SMILES string of the molecule is CC.CC.CC1CN(Cc2cnn(CCCN)c2)CCN1.Cc1cc(Cl)cc(-c2ccnc3cc(CN4C(=O)C5CC5C4=O)sc23)c1C. The standard InChI is InChI=1S/C21H17ClN2O2S.C12H23N5.2C2H6/c1-10-5-12(22)6-15(11(10)2)14-3-4-23-18-7-13(27-19(14)18)9-24-20(25)16-8-17(16)21(24)26;1-11-8-16(6-4-14-11)9-12-7-15-17(10-12)5-2-3-13;2*1-2/h3-7,16-17H,8-9H2,1-2H3;7,10-11,14H,2-6,8-9,13H2,1H3;2*1-2H3. The normalized spacial score (nSPS) is 19.9. The monoisotopic (exact) mass is 693 g/mol. The number of benzene rings is 1. The number of pyridine rings is 1. The highest BCUT2D eigenvalue weighted by molar-refractivity contribution is 7.19. The number of hydrogen-bond donors (Lipinski definition) is 2. The molecular formula is C37H52ClN7O2S. The molecule has 0 radical (unpaired) electrons. The number of carbonyl (C=O) groups excluding carboxylic acids is 2. The molecule has 48 heavy (non-hydrogen) atoms. The Morgan fingerprint density at radius 1 is 1.04 bits per heavy atom. The zero-order valence-electron chi connectivity index (χ0n) is 29.6. The molecule has 5 heterocycles. The van der Waals surface area contributed by atoms with Gasteiger partial charge in [0.05, 0.1) is 34.8 Å². The molecule has 0 spiro atoms.